The fourth-order valence-electron chi connectivity index (χ4n) is 1.78. The molecule has 0 radical (unpaired) electrons. The average Bonchev–Trinajstić information content (AvgIpc) is 2.83. The maximum absolute atomic E-state index is 10.5. The minimum atomic E-state index is -0.888. The van der Waals surface area contributed by atoms with E-state index in [1.807, 2.05) is 20.8 Å². The van der Waals surface area contributed by atoms with E-state index in [-0.39, 0.29) is 12.8 Å². The molecule has 0 aliphatic rings. The van der Waals surface area contributed by atoms with E-state index in [4.69, 9.17) is 13.9 Å². The van der Waals surface area contributed by atoms with Gasteiger partial charge in [0.1, 0.15) is 11.5 Å². The fraction of sp³-hybridized carbons (Fsp3) is 0.417. The van der Waals surface area contributed by atoms with Gasteiger partial charge in [0.15, 0.2) is 0 Å². The third-order valence-electron chi connectivity index (χ3n) is 2.79. The first-order chi connectivity index (χ1) is 8.49. The molecule has 0 atom stereocenters. The molecule has 0 fully saturated rings. The molecule has 0 aliphatic heterocycles. The summed E-state index contributed by atoms with van der Waals surface area (Å²) < 4.78 is 10.9. The highest BCUT2D eigenvalue weighted by Gasteiger charge is 2.19. The lowest BCUT2D eigenvalue weighted by Gasteiger charge is -1.93. The maximum Gasteiger partial charge on any atom is 0.303 e. The summed E-state index contributed by atoms with van der Waals surface area (Å²) in [5.74, 6) is 1.35. The molecule has 2 aromatic heterocycles. The summed E-state index contributed by atoms with van der Waals surface area (Å²) in [6.45, 7) is 5.62. The zero-order chi connectivity index (χ0) is 13.3. The SMILES string of the molecule is Cc1oc(C)c(-c2nnc(CCC(=O)O)o2)c1C. The number of rotatable bonds is 4. The Kier molecular flexibility index (Phi) is 3.18. The second-order valence-electron chi connectivity index (χ2n) is 4.11. The van der Waals surface area contributed by atoms with E-state index < -0.39 is 5.97 Å². The summed E-state index contributed by atoms with van der Waals surface area (Å²) in [4.78, 5) is 10.5. The molecule has 2 aromatic rings. The molecule has 0 aromatic carbocycles. The molecule has 0 spiro atoms. The number of aryl methyl sites for hydroxylation is 3. The van der Waals surface area contributed by atoms with Crippen LogP contribution in [-0.4, -0.2) is 21.3 Å². The van der Waals surface area contributed by atoms with Crippen molar-refractivity contribution >= 4 is 5.97 Å². The van der Waals surface area contributed by atoms with Crippen LogP contribution in [0.2, 0.25) is 0 Å². The molecule has 96 valence electrons. The van der Waals surface area contributed by atoms with Gasteiger partial charge in [-0.1, -0.05) is 0 Å². The van der Waals surface area contributed by atoms with Gasteiger partial charge in [-0.05, 0) is 20.8 Å². The van der Waals surface area contributed by atoms with Crippen molar-refractivity contribution in [3.8, 4) is 11.5 Å². The standard InChI is InChI=1S/C12H14N2O4/c1-6-7(2)17-8(3)11(6)12-14-13-9(18-12)4-5-10(15)16/h4-5H2,1-3H3,(H,15,16). The summed E-state index contributed by atoms with van der Waals surface area (Å²) in [7, 11) is 0. The third kappa shape index (κ3) is 2.27. The molecule has 6 nitrogen and oxygen atoms in total. The molecule has 0 aliphatic carbocycles. The largest absolute Gasteiger partial charge is 0.481 e. The van der Waals surface area contributed by atoms with E-state index in [1.165, 1.54) is 0 Å². The Morgan fingerprint density at radius 1 is 1.17 bits per heavy atom. The van der Waals surface area contributed by atoms with E-state index in [0.29, 0.717) is 11.8 Å². The van der Waals surface area contributed by atoms with Crippen LogP contribution in [0.1, 0.15) is 29.4 Å². The summed E-state index contributed by atoms with van der Waals surface area (Å²) in [5, 5.41) is 16.3. The van der Waals surface area contributed by atoms with Crippen LogP contribution in [-0.2, 0) is 11.2 Å². The van der Waals surface area contributed by atoms with Crippen molar-refractivity contribution in [2.45, 2.75) is 33.6 Å². The lowest BCUT2D eigenvalue weighted by Crippen LogP contribution is -1.97. The monoisotopic (exact) mass is 250 g/mol. The second kappa shape index (κ2) is 4.64. The van der Waals surface area contributed by atoms with E-state index >= 15 is 0 Å². The quantitative estimate of drug-likeness (QED) is 0.895. The highest BCUT2D eigenvalue weighted by atomic mass is 16.4. The van der Waals surface area contributed by atoms with Crippen LogP contribution in [0.25, 0.3) is 11.5 Å². The minimum absolute atomic E-state index is 0.0238. The topological polar surface area (TPSA) is 89.4 Å². The molecular weight excluding hydrogens is 236 g/mol. The number of hydrogen-bond donors (Lipinski definition) is 1. The van der Waals surface area contributed by atoms with Crippen LogP contribution in [0.4, 0.5) is 0 Å². The number of carbonyl (C=O) groups is 1. The van der Waals surface area contributed by atoms with Gasteiger partial charge < -0.3 is 13.9 Å². The van der Waals surface area contributed by atoms with Crippen LogP contribution >= 0.6 is 0 Å². The maximum atomic E-state index is 10.5. The average molecular weight is 250 g/mol. The number of furan rings is 1. The van der Waals surface area contributed by atoms with Crippen molar-refractivity contribution in [2.75, 3.05) is 0 Å². The van der Waals surface area contributed by atoms with Crippen LogP contribution in [0.5, 0.6) is 0 Å². The molecule has 6 heteroatoms. The summed E-state index contributed by atoms with van der Waals surface area (Å²) in [6, 6.07) is 0. The minimum Gasteiger partial charge on any atom is -0.481 e. The van der Waals surface area contributed by atoms with Gasteiger partial charge in [0.05, 0.1) is 12.0 Å². The Morgan fingerprint density at radius 3 is 2.44 bits per heavy atom. The van der Waals surface area contributed by atoms with Gasteiger partial charge in [-0.3, -0.25) is 4.79 Å². The van der Waals surface area contributed by atoms with Crippen LogP contribution in [0.3, 0.4) is 0 Å². The molecule has 2 rings (SSSR count). The molecular formula is C12H14N2O4. The summed E-state index contributed by atoms with van der Waals surface area (Å²) in [6.07, 6.45) is 0.210. The molecule has 1 N–H and O–H groups in total. The first-order valence-corrected chi connectivity index (χ1v) is 5.60. The van der Waals surface area contributed by atoms with Crippen LogP contribution in [0, 0.1) is 20.8 Å². The summed E-state index contributed by atoms with van der Waals surface area (Å²) >= 11 is 0. The number of carboxylic acids is 1. The molecule has 0 unspecified atom stereocenters. The molecule has 0 bridgehead atoms. The lowest BCUT2D eigenvalue weighted by atomic mass is 10.1. The van der Waals surface area contributed by atoms with Gasteiger partial charge in [0.25, 0.3) is 5.89 Å². The van der Waals surface area contributed by atoms with E-state index in [0.717, 1.165) is 22.6 Å². The Morgan fingerprint density at radius 2 is 1.89 bits per heavy atom. The summed E-state index contributed by atoms with van der Waals surface area (Å²) in [5.41, 5.74) is 1.75. The molecule has 0 amide bonds. The Hall–Kier alpha value is -2.11. The van der Waals surface area contributed by atoms with Gasteiger partial charge >= 0.3 is 5.97 Å². The smallest absolute Gasteiger partial charge is 0.303 e. The number of aromatic nitrogens is 2. The normalized spacial score (nSPS) is 10.8. The van der Waals surface area contributed by atoms with Crippen molar-refractivity contribution in [1.29, 1.82) is 0 Å². The van der Waals surface area contributed by atoms with Gasteiger partial charge in [0, 0.05) is 12.0 Å². The van der Waals surface area contributed by atoms with E-state index in [1.54, 1.807) is 0 Å². The van der Waals surface area contributed by atoms with E-state index in [9.17, 15) is 4.79 Å². The Bertz CT molecular complexity index is 583. The zero-order valence-corrected chi connectivity index (χ0v) is 10.5. The van der Waals surface area contributed by atoms with Gasteiger partial charge in [0.2, 0.25) is 5.89 Å². The zero-order valence-electron chi connectivity index (χ0n) is 10.5. The van der Waals surface area contributed by atoms with Crippen molar-refractivity contribution in [1.82, 2.24) is 10.2 Å². The molecule has 0 saturated heterocycles. The first kappa shape index (κ1) is 12.3. The third-order valence-corrected chi connectivity index (χ3v) is 2.79. The Labute approximate surface area is 104 Å². The van der Waals surface area contributed by atoms with E-state index in [2.05, 4.69) is 10.2 Å². The van der Waals surface area contributed by atoms with Crippen molar-refractivity contribution in [3.63, 3.8) is 0 Å². The highest BCUT2D eigenvalue weighted by molar-refractivity contribution is 5.67. The number of aliphatic carboxylic acids is 1. The molecule has 18 heavy (non-hydrogen) atoms. The number of carboxylic acid groups (broad SMARTS) is 1. The lowest BCUT2D eigenvalue weighted by molar-refractivity contribution is -0.137. The van der Waals surface area contributed by atoms with Crippen molar-refractivity contribution in [3.05, 3.63) is 23.0 Å². The number of nitrogens with zero attached hydrogens (tertiary/aromatic N) is 2. The van der Waals surface area contributed by atoms with Gasteiger partial charge in [-0.2, -0.15) is 0 Å². The van der Waals surface area contributed by atoms with Crippen LogP contribution in [0.15, 0.2) is 8.83 Å². The first-order valence-electron chi connectivity index (χ1n) is 5.60. The predicted octanol–water partition coefficient (Wildman–Crippen LogP) is 2.27. The molecule has 0 saturated carbocycles. The van der Waals surface area contributed by atoms with Crippen molar-refractivity contribution < 1.29 is 18.7 Å². The van der Waals surface area contributed by atoms with Crippen molar-refractivity contribution in [2.24, 2.45) is 0 Å². The van der Waals surface area contributed by atoms with Gasteiger partial charge in [-0.15, -0.1) is 10.2 Å². The number of hydrogen-bond acceptors (Lipinski definition) is 5. The van der Waals surface area contributed by atoms with Gasteiger partial charge in [-0.25, -0.2) is 0 Å². The Balaban J connectivity index is 2.26. The molecule has 2 heterocycles. The predicted molar refractivity (Wildman–Crippen MR) is 62.2 cm³/mol. The second-order valence-corrected chi connectivity index (χ2v) is 4.11. The van der Waals surface area contributed by atoms with Crippen LogP contribution < -0.4 is 0 Å². The fourth-order valence-corrected chi connectivity index (χ4v) is 1.78. The highest BCUT2D eigenvalue weighted by Crippen LogP contribution is 2.30.